The molecule has 2 atom stereocenters. The predicted octanol–water partition coefficient (Wildman–Crippen LogP) is 3.41. The Kier molecular flexibility index (Phi) is 8.15. The Morgan fingerprint density at radius 3 is 2.11 bits per heavy atom. The molecule has 0 saturated heterocycles. The third-order valence-corrected chi connectivity index (χ3v) is 4.88. The minimum absolute atomic E-state index is 0.00873. The number of aliphatic hydroxyl groups excluding tert-OH is 1. The number of aliphatic hydroxyl groups is 1. The van der Waals surface area contributed by atoms with Crippen molar-refractivity contribution >= 4 is 75.5 Å². The van der Waals surface area contributed by atoms with Crippen LogP contribution in [-0.4, -0.2) is 35.5 Å². The Balaban J connectivity index is 4.69. The molecule has 0 aromatic heterocycles. The largest absolute Gasteiger partial charge is 0.481 e. The number of carbonyl (C=O) groups is 2. The first-order valence-electron chi connectivity index (χ1n) is 5.05. The molecule has 0 heterocycles. The average Bonchev–Trinajstić information content (AvgIpc) is 2.13. The molecular weight excluding hydrogens is 504 g/mol. The highest BCUT2D eigenvalue weighted by atomic mass is 80.0. The fraction of sp³-hybridized carbons (Fsp3) is 0.800. The molecule has 0 bridgehead atoms. The number of aliphatic carboxylic acids is 1. The van der Waals surface area contributed by atoms with Crippen molar-refractivity contribution in [1.29, 1.82) is 0 Å². The lowest BCUT2D eigenvalue weighted by Crippen LogP contribution is -2.36. The standard InChI is InChI=1S/C10H14Br4O4/c1-9(5-15,3-6(16)2-8(17)18)7(11)4-10(12,13)14/h7,15H,2-5H2,1H3,(H,17,18). The van der Waals surface area contributed by atoms with Crippen LogP contribution in [0.3, 0.4) is 0 Å². The topological polar surface area (TPSA) is 74.6 Å². The molecule has 0 aromatic rings. The Hall–Kier alpha value is 1.02. The molecule has 0 aliphatic rings. The molecule has 2 unspecified atom stereocenters. The van der Waals surface area contributed by atoms with Gasteiger partial charge in [0.1, 0.15) is 14.3 Å². The number of carboxylic acid groups (broad SMARTS) is 1. The summed E-state index contributed by atoms with van der Waals surface area (Å²) in [4.78, 5) is 21.8. The smallest absolute Gasteiger partial charge is 0.310 e. The molecule has 0 saturated carbocycles. The Morgan fingerprint density at radius 2 is 1.78 bits per heavy atom. The van der Waals surface area contributed by atoms with Crippen molar-refractivity contribution in [1.82, 2.24) is 0 Å². The van der Waals surface area contributed by atoms with Gasteiger partial charge in [-0.15, -0.1) is 0 Å². The van der Waals surface area contributed by atoms with E-state index in [9.17, 15) is 14.7 Å². The summed E-state index contributed by atoms with van der Waals surface area (Å²) in [6.07, 6.45) is 0.0383. The van der Waals surface area contributed by atoms with Gasteiger partial charge in [0.15, 0.2) is 0 Å². The Morgan fingerprint density at radius 1 is 1.28 bits per heavy atom. The lowest BCUT2D eigenvalue weighted by atomic mass is 9.81. The molecule has 0 spiro atoms. The molecule has 8 heteroatoms. The van der Waals surface area contributed by atoms with Crippen molar-refractivity contribution < 1.29 is 19.8 Å². The average molecular weight is 518 g/mol. The van der Waals surface area contributed by atoms with Gasteiger partial charge >= 0.3 is 5.97 Å². The molecule has 0 aliphatic heterocycles. The van der Waals surface area contributed by atoms with E-state index in [1.807, 2.05) is 0 Å². The number of carbonyl (C=O) groups excluding carboxylic acids is 1. The summed E-state index contributed by atoms with van der Waals surface area (Å²) in [6, 6.07) is 0. The van der Waals surface area contributed by atoms with E-state index in [2.05, 4.69) is 63.7 Å². The van der Waals surface area contributed by atoms with Crippen LogP contribution in [0.4, 0.5) is 0 Å². The minimum Gasteiger partial charge on any atom is -0.481 e. The molecular formula is C10H14Br4O4. The van der Waals surface area contributed by atoms with Crippen LogP contribution in [0.5, 0.6) is 0 Å². The maximum absolute atomic E-state index is 11.6. The second kappa shape index (κ2) is 7.71. The van der Waals surface area contributed by atoms with Crippen molar-refractivity contribution in [3.05, 3.63) is 0 Å². The SMILES string of the molecule is CC(CO)(CC(=O)CC(=O)O)C(Br)CC(Br)(Br)Br. The van der Waals surface area contributed by atoms with Gasteiger partial charge in [-0.25, -0.2) is 0 Å². The summed E-state index contributed by atoms with van der Waals surface area (Å²) < 4.78 is -0.493. The molecule has 106 valence electrons. The fourth-order valence-corrected chi connectivity index (χ4v) is 4.46. The zero-order valence-electron chi connectivity index (χ0n) is 9.63. The maximum atomic E-state index is 11.6. The van der Waals surface area contributed by atoms with Crippen LogP contribution in [0.2, 0.25) is 0 Å². The first-order chi connectivity index (χ1) is 8.00. The van der Waals surface area contributed by atoms with Crippen molar-refractivity contribution in [2.24, 2.45) is 5.41 Å². The van der Waals surface area contributed by atoms with Gasteiger partial charge in [-0.3, -0.25) is 9.59 Å². The van der Waals surface area contributed by atoms with E-state index < -0.39 is 25.7 Å². The van der Waals surface area contributed by atoms with E-state index in [0.29, 0.717) is 6.42 Å². The summed E-state index contributed by atoms with van der Waals surface area (Å²) in [5, 5.41) is 18.0. The van der Waals surface area contributed by atoms with Gasteiger partial charge in [0.2, 0.25) is 0 Å². The molecule has 0 amide bonds. The van der Waals surface area contributed by atoms with Gasteiger partial charge in [-0.1, -0.05) is 70.6 Å². The first kappa shape index (κ1) is 19.0. The Bertz CT molecular complexity index is 315. The van der Waals surface area contributed by atoms with Gasteiger partial charge in [0.05, 0.1) is 0 Å². The monoisotopic (exact) mass is 514 g/mol. The number of hydrogen-bond acceptors (Lipinski definition) is 3. The van der Waals surface area contributed by atoms with Gasteiger partial charge < -0.3 is 10.2 Å². The number of rotatable bonds is 7. The van der Waals surface area contributed by atoms with Crippen LogP contribution in [0.15, 0.2) is 0 Å². The molecule has 2 N–H and O–H groups in total. The van der Waals surface area contributed by atoms with Crippen molar-refractivity contribution in [2.45, 2.75) is 33.2 Å². The van der Waals surface area contributed by atoms with Gasteiger partial charge in [-0.2, -0.15) is 0 Å². The maximum Gasteiger partial charge on any atom is 0.310 e. The molecule has 0 aromatic carbocycles. The fourth-order valence-electron chi connectivity index (χ4n) is 1.40. The summed E-state index contributed by atoms with van der Waals surface area (Å²) in [6.45, 7) is 1.53. The van der Waals surface area contributed by atoms with Gasteiger partial charge in [0.25, 0.3) is 0 Å². The summed E-state index contributed by atoms with van der Waals surface area (Å²) in [5.41, 5.74) is -0.715. The highest BCUT2D eigenvalue weighted by Gasteiger charge is 2.38. The van der Waals surface area contributed by atoms with E-state index >= 15 is 0 Å². The number of alkyl halides is 4. The second-order valence-corrected chi connectivity index (χ2v) is 12.7. The van der Waals surface area contributed by atoms with Gasteiger partial charge in [0, 0.05) is 23.3 Å². The van der Waals surface area contributed by atoms with Crippen molar-refractivity contribution in [2.75, 3.05) is 6.61 Å². The lowest BCUT2D eigenvalue weighted by Gasteiger charge is -2.34. The third kappa shape index (κ3) is 7.57. The molecule has 4 nitrogen and oxygen atoms in total. The van der Waals surface area contributed by atoms with Crippen LogP contribution in [0.25, 0.3) is 0 Å². The number of Topliss-reactive ketones (excluding diaryl/α,β-unsaturated/α-hetero) is 1. The van der Waals surface area contributed by atoms with Crippen LogP contribution in [0.1, 0.15) is 26.2 Å². The van der Waals surface area contributed by atoms with Crippen LogP contribution >= 0.6 is 63.7 Å². The highest BCUT2D eigenvalue weighted by Crippen LogP contribution is 2.45. The second-order valence-electron chi connectivity index (χ2n) is 4.38. The van der Waals surface area contributed by atoms with Crippen LogP contribution < -0.4 is 0 Å². The quantitative estimate of drug-likeness (QED) is 0.401. The van der Waals surface area contributed by atoms with Crippen LogP contribution in [-0.2, 0) is 9.59 Å². The zero-order chi connectivity index (χ0) is 14.6. The Labute approximate surface area is 139 Å². The van der Waals surface area contributed by atoms with Crippen molar-refractivity contribution in [3.8, 4) is 0 Å². The van der Waals surface area contributed by atoms with Crippen molar-refractivity contribution in [3.63, 3.8) is 0 Å². The summed E-state index contributed by atoms with van der Waals surface area (Å²) in [7, 11) is 0. The lowest BCUT2D eigenvalue weighted by molar-refractivity contribution is -0.140. The highest BCUT2D eigenvalue weighted by molar-refractivity contribution is 9.39. The van der Waals surface area contributed by atoms with E-state index in [1.54, 1.807) is 6.92 Å². The van der Waals surface area contributed by atoms with E-state index in [0.717, 1.165) is 0 Å². The number of ketones is 1. The van der Waals surface area contributed by atoms with E-state index in [1.165, 1.54) is 0 Å². The predicted molar refractivity (Wildman–Crippen MR) is 83.9 cm³/mol. The zero-order valence-corrected chi connectivity index (χ0v) is 16.0. The van der Waals surface area contributed by atoms with Crippen LogP contribution in [0, 0.1) is 5.41 Å². The first-order valence-corrected chi connectivity index (χ1v) is 8.35. The molecule has 0 fully saturated rings. The molecule has 18 heavy (non-hydrogen) atoms. The number of carboxylic acids is 1. The summed E-state index contributed by atoms with van der Waals surface area (Å²) >= 11 is 13.5. The molecule has 0 aliphatic carbocycles. The van der Waals surface area contributed by atoms with E-state index in [-0.39, 0.29) is 17.9 Å². The van der Waals surface area contributed by atoms with Gasteiger partial charge in [-0.05, 0) is 6.42 Å². The number of hydrogen-bond donors (Lipinski definition) is 2. The van der Waals surface area contributed by atoms with E-state index in [4.69, 9.17) is 5.11 Å². The minimum atomic E-state index is -1.15. The molecule has 0 radical (unpaired) electrons. The number of halogens is 4. The summed E-state index contributed by atoms with van der Waals surface area (Å²) in [5.74, 6) is -1.55. The normalized spacial score (nSPS) is 17.0. The molecule has 0 rings (SSSR count). The third-order valence-electron chi connectivity index (χ3n) is 2.48.